The van der Waals surface area contributed by atoms with E-state index in [-0.39, 0.29) is 17.7 Å². The number of nitrogens with zero attached hydrogens (tertiary/aromatic N) is 1. The summed E-state index contributed by atoms with van der Waals surface area (Å²) < 4.78 is 10.4. The molecule has 0 aromatic rings. The van der Waals surface area contributed by atoms with Gasteiger partial charge in [-0.05, 0) is 12.5 Å². The van der Waals surface area contributed by atoms with Crippen molar-refractivity contribution in [3.8, 4) is 0 Å². The third-order valence-electron chi connectivity index (χ3n) is 2.99. The number of carbonyl (C=O) groups excluding carboxylic acids is 2. The maximum absolute atomic E-state index is 11.6. The summed E-state index contributed by atoms with van der Waals surface area (Å²) in [6, 6.07) is 0.884. The molecule has 1 atom stereocenters. The minimum absolute atomic E-state index is 0.0435. The number of hydrogen-bond donors (Lipinski definition) is 0. The molecule has 0 aromatic heterocycles. The molecule has 92 valence electrons. The topological polar surface area (TPSA) is 55.8 Å². The first-order chi connectivity index (χ1) is 7.60. The molecule has 0 spiro atoms. The van der Waals surface area contributed by atoms with Gasteiger partial charge in [0.15, 0.2) is 0 Å². The molecule has 0 aromatic carbocycles. The summed E-state index contributed by atoms with van der Waals surface area (Å²) in [6.07, 6.45) is 2.00. The van der Waals surface area contributed by atoms with Crippen LogP contribution in [0.25, 0.3) is 0 Å². The second kappa shape index (κ2) is 6.12. The molecule has 1 unspecified atom stereocenters. The van der Waals surface area contributed by atoms with Crippen molar-refractivity contribution >= 4 is 21.1 Å². The summed E-state index contributed by atoms with van der Waals surface area (Å²) in [5, 5.41) is 0. The van der Waals surface area contributed by atoms with E-state index < -0.39 is 9.28 Å². The molecule has 0 saturated carbocycles. The first-order valence-corrected chi connectivity index (χ1v) is 7.22. The zero-order valence-corrected chi connectivity index (χ0v) is 11.2. The van der Waals surface area contributed by atoms with Gasteiger partial charge in [-0.15, -0.1) is 0 Å². The number of amides is 2. The summed E-state index contributed by atoms with van der Waals surface area (Å²) in [7, 11) is 3.34. The van der Waals surface area contributed by atoms with Gasteiger partial charge in [0.1, 0.15) is 0 Å². The van der Waals surface area contributed by atoms with E-state index in [1.165, 1.54) is 4.90 Å². The standard InChI is InChI=1S/C10H19NO4Si/c1-11-9(12)7-8(10(11)13)5-4-6-16(14-2)15-3/h8,16H,4-7H2,1-3H3. The van der Waals surface area contributed by atoms with Gasteiger partial charge >= 0.3 is 9.28 Å². The number of hydrogen-bond acceptors (Lipinski definition) is 4. The van der Waals surface area contributed by atoms with Crippen LogP contribution in [0.5, 0.6) is 0 Å². The normalized spacial score (nSPS) is 21.2. The lowest BCUT2D eigenvalue weighted by atomic mass is 10.0. The summed E-state index contributed by atoms with van der Waals surface area (Å²) in [4.78, 5) is 24.1. The lowest BCUT2D eigenvalue weighted by Crippen LogP contribution is -2.26. The Bertz CT molecular complexity index is 268. The first kappa shape index (κ1) is 13.3. The third kappa shape index (κ3) is 3.13. The maximum atomic E-state index is 11.6. The van der Waals surface area contributed by atoms with Crippen molar-refractivity contribution in [2.45, 2.75) is 25.3 Å². The fraction of sp³-hybridized carbons (Fsp3) is 0.800. The van der Waals surface area contributed by atoms with Crippen LogP contribution in [0.1, 0.15) is 19.3 Å². The van der Waals surface area contributed by atoms with E-state index in [9.17, 15) is 9.59 Å². The third-order valence-corrected chi connectivity index (χ3v) is 4.92. The van der Waals surface area contributed by atoms with Crippen LogP contribution in [0.3, 0.4) is 0 Å². The van der Waals surface area contributed by atoms with Crippen LogP contribution in [0.2, 0.25) is 6.04 Å². The molecule has 0 aliphatic carbocycles. The quantitative estimate of drug-likeness (QED) is 0.498. The molecule has 1 fully saturated rings. The highest BCUT2D eigenvalue weighted by atomic mass is 28.3. The SMILES string of the molecule is CO[SiH](CCCC1CC(=O)N(C)C1=O)OC. The van der Waals surface area contributed by atoms with Gasteiger partial charge in [-0.2, -0.15) is 0 Å². The van der Waals surface area contributed by atoms with E-state index in [2.05, 4.69) is 0 Å². The second-order valence-corrected chi connectivity index (χ2v) is 6.40. The number of rotatable bonds is 6. The van der Waals surface area contributed by atoms with E-state index in [4.69, 9.17) is 8.85 Å². The van der Waals surface area contributed by atoms with Crippen molar-refractivity contribution in [1.82, 2.24) is 4.90 Å². The lowest BCUT2D eigenvalue weighted by Gasteiger charge is -2.12. The molecule has 1 aliphatic rings. The van der Waals surface area contributed by atoms with Crippen LogP contribution in [0, 0.1) is 5.92 Å². The molecule has 2 amide bonds. The van der Waals surface area contributed by atoms with Gasteiger partial charge in [0.05, 0.1) is 0 Å². The second-order valence-electron chi connectivity index (χ2n) is 4.02. The van der Waals surface area contributed by atoms with Gasteiger partial charge in [-0.25, -0.2) is 0 Å². The molecule has 16 heavy (non-hydrogen) atoms. The van der Waals surface area contributed by atoms with Crippen LogP contribution >= 0.6 is 0 Å². The van der Waals surface area contributed by atoms with Crippen LogP contribution in [0.15, 0.2) is 0 Å². The molecule has 5 nitrogen and oxygen atoms in total. The van der Waals surface area contributed by atoms with E-state index in [1.54, 1.807) is 21.3 Å². The fourth-order valence-corrected chi connectivity index (χ4v) is 3.15. The molecule has 0 radical (unpaired) electrons. The highest BCUT2D eigenvalue weighted by Gasteiger charge is 2.35. The summed E-state index contributed by atoms with van der Waals surface area (Å²) >= 11 is 0. The minimum Gasteiger partial charge on any atom is -0.400 e. The average molecular weight is 245 g/mol. The molecule has 1 rings (SSSR count). The Hall–Kier alpha value is -0.723. The van der Waals surface area contributed by atoms with Crippen LogP contribution in [-0.2, 0) is 18.4 Å². The molecule has 1 heterocycles. The van der Waals surface area contributed by atoms with Gasteiger partial charge in [-0.3, -0.25) is 14.5 Å². The monoisotopic (exact) mass is 245 g/mol. The smallest absolute Gasteiger partial charge is 0.320 e. The van der Waals surface area contributed by atoms with Crippen LogP contribution in [0.4, 0.5) is 0 Å². The Morgan fingerprint density at radius 2 is 2.00 bits per heavy atom. The van der Waals surface area contributed by atoms with E-state index in [1.807, 2.05) is 0 Å². The van der Waals surface area contributed by atoms with Crippen molar-refractivity contribution in [3.05, 3.63) is 0 Å². The Morgan fingerprint density at radius 1 is 1.38 bits per heavy atom. The van der Waals surface area contributed by atoms with E-state index in [0.717, 1.165) is 18.9 Å². The van der Waals surface area contributed by atoms with Crippen molar-refractivity contribution in [1.29, 1.82) is 0 Å². The molecule has 0 N–H and O–H groups in total. The Kier molecular flexibility index (Phi) is 5.10. The van der Waals surface area contributed by atoms with Gasteiger partial charge in [-0.1, -0.05) is 6.42 Å². The van der Waals surface area contributed by atoms with Crippen molar-refractivity contribution < 1.29 is 18.4 Å². The predicted molar refractivity (Wildman–Crippen MR) is 61.1 cm³/mol. The molecule has 6 heteroatoms. The molecule has 1 aliphatic heterocycles. The highest BCUT2D eigenvalue weighted by Crippen LogP contribution is 2.23. The van der Waals surface area contributed by atoms with E-state index in [0.29, 0.717) is 6.42 Å². The summed E-state index contributed by atoms with van der Waals surface area (Å²) in [5.74, 6) is -0.235. The van der Waals surface area contributed by atoms with Crippen LogP contribution < -0.4 is 0 Å². The Balaban J connectivity index is 2.29. The van der Waals surface area contributed by atoms with Gasteiger partial charge in [0, 0.05) is 33.6 Å². The van der Waals surface area contributed by atoms with Gasteiger partial charge < -0.3 is 8.85 Å². The minimum atomic E-state index is -1.51. The molecule has 1 saturated heterocycles. The maximum Gasteiger partial charge on any atom is 0.320 e. The summed E-state index contributed by atoms with van der Waals surface area (Å²) in [5.41, 5.74) is 0. The van der Waals surface area contributed by atoms with Crippen molar-refractivity contribution in [2.75, 3.05) is 21.3 Å². The number of carbonyl (C=O) groups is 2. The fourth-order valence-electron chi connectivity index (χ4n) is 1.92. The van der Waals surface area contributed by atoms with Gasteiger partial charge in [0.2, 0.25) is 11.8 Å². The van der Waals surface area contributed by atoms with E-state index >= 15 is 0 Å². The lowest BCUT2D eigenvalue weighted by molar-refractivity contribution is -0.137. The highest BCUT2D eigenvalue weighted by molar-refractivity contribution is 6.44. The zero-order chi connectivity index (χ0) is 12.1. The van der Waals surface area contributed by atoms with Crippen molar-refractivity contribution in [3.63, 3.8) is 0 Å². The first-order valence-electron chi connectivity index (χ1n) is 5.46. The average Bonchev–Trinajstić information content (AvgIpc) is 2.52. The molecular formula is C10H19NO4Si. The molecule has 0 bridgehead atoms. The predicted octanol–water partition coefficient (Wildman–Crippen LogP) is 0.285. The Morgan fingerprint density at radius 3 is 2.44 bits per heavy atom. The largest absolute Gasteiger partial charge is 0.400 e. The van der Waals surface area contributed by atoms with Crippen molar-refractivity contribution in [2.24, 2.45) is 5.92 Å². The zero-order valence-electron chi connectivity index (χ0n) is 10.1. The number of likely N-dealkylation sites (tertiary alicyclic amines) is 1. The number of imide groups is 1. The molecular weight excluding hydrogens is 226 g/mol. The Labute approximate surface area is 97.6 Å². The van der Waals surface area contributed by atoms with Gasteiger partial charge in [0.25, 0.3) is 0 Å². The van der Waals surface area contributed by atoms with Crippen LogP contribution in [-0.4, -0.2) is 47.3 Å². The summed E-state index contributed by atoms with van der Waals surface area (Å²) in [6.45, 7) is 0.